The first-order valence-corrected chi connectivity index (χ1v) is 11.4. The lowest BCUT2D eigenvalue weighted by Gasteiger charge is -2.24. The van der Waals surface area contributed by atoms with E-state index in [4.69, 9.17) is 9.72 Å². The van der Waals surface area contributed by atoms with E-state index in [0.717, 1.165) is 59.9 Å². The summed E-state index contributed by atoms with van der Waals surface area (Å²) < 4.78 is 8.17. The SMILES string of the molecule is Cc1cc(C)cc(Oc2nccc(-c3c(C4CCCC4)nnn3C3CCNCC3)n2)c1. The number of rotatable bonds is 5. The zero-order valence-corrected chi connectivity index (χ0v) is 18.3. The molecule has 2 fully saturated rings. The van der Waals surface area contributed by atoms with Crippen molar-refractivity contribution in [3.63, 3.8) is 0 Å². The van der Waals surface area contributed by atoms with Gasteiger partial charge in [0.25, 0.3) is 0 Å². The summed E-state index contributed by atoms with van der Waals surface area (Å²) in [5.74, 6) is 1.22. The van der Waals surface area contributed by atoms with Crippen molar-refractivity contribution < 1.29 is 4.74 Å². The topological polar surface area (TPSA) is 77.8 Å². The molecule has 3 aromatic rings. The Bertz CT molecular complexity index is 1030. The largest absolute Gasteiger partial charge is 0.424 e. The van der Waals surface area contributed by atoms with Gasteiger partial charge in [0.15, 0.2) is 0 Å². The second kappa shape index (κ2) is 8.75. The fraction of sp³-hybridized carbons (Fsp3) is 0.500. The van der Waals surface area contributed by atoms with Crippen molar-refractivity contribution >= 4 is 0 Å². The summed E-state index contributed by atoms with van der Waals surface area (Å²) in [5, 5.41) is 12.8. The molecule has 0 amide bonds. The van der Waals surface area contributed by atoms with Crippen LogP contribution in [-0.2, 0) is 0 Å². The molecule has 0 atom stereocenters. The quantitative estimate of drug-likeness (QED) is 0.646. The molecule has 31 heavy (non-hydrogen) atoms. The van der Waals surface area contributed by atoms with Gasteiger partial charge in [-0.2, -0.15) is 4.98 Å². The Labute approximate surface area is 183 Å². The van der Waals surface area contributed by atoms with Crippen LogP contribution in [0.15, 0.2) is 30.5 Å². The molecule has 1 saturated carbocycles. The van der Waals surface area contributed by atoms with Gasteiger partial charge in [-0.25, -0.2) is 9.67 Å². The van der Waals surface area contributed by atoms with Crippen LogP contribution in [-0.4, -0.2) is 38.1 Å². The molecular weight excluding hydrogens is 388 g/mol. The van der Waals surface area contributed by atoms with Gasteiger partial charge in [-0.15, -0.1) is 5.10 Å². The molecule has 1 N–H and O–H groups in total. The van der Waals surface area contributed by atoms with Gasteiger partial charge in [0.05, 0.1) is 17.4 Å². The lowest BCUT2D eigenvalue weighted by molar-refractivity contribution is 0.340. The Morgan fingerprint density at radius 2 is 1.74 bits per heavy atom. The van der Waals surface area contributed by atoms with E-state index in [-0.39, 0.29) is 0 Å². The smallest absolute Gasteiger partial charge is 0.322 e. The van der Waals surface area contributed by atoms with Crippen LogP contribution in [0.1, 0.15) is 67.3 Å². The Kier molecular flexibility index (Phi) is 5.68. The molecule has 7 heteroatoms. The minimum Gasteiger partial charge on any atom is -0.424 e. The van der Waals surface area contributed by atoms with Gasteiger partial charge in [0, 0.05) is 12.1 Å². The molecule has 0 bridgehead atoms. The van der Waals surface area contributed by atoms with Crippen LogP contribution in [0, 0.1) is 13.8 Å². The van der Waals surface area contributed by atoms with E-state index in [1.807, 2.05) is 18.2 Å². The van der Waals surface area contributed by atoms with Gasteiger partial charge >= 0.3 is 6.01 Å². The molecule has 2 aliphatic rings. The van der Waals surface area contributed by atoms with Crippen molar-refractivity contribution in [2.75, 3.05) is 13.1 Å². The maximum absolute atomic E-state index is 6.05. The van der Waals surface area contributed by atoms with E-state index in [1.54, 1.807) is 6.20 Å². The highest BCUT2D eigenvalue weighted by molar-refractivity contribution is 5.58. The van der Waals surface area contributed by atoms with E-state index in [1.165, 1.54) is 25.7 Å². The predicted molar refractivity (Wildman–Crippen MR) is 119 cm³/mol. The monoisotopic (exact) mass is 418 g/mol. The average Bonchev–Trinajstić information content (AvgIpc) is 3.44. The third-order valence-electron chi connectivity index (χ3n) is 6.40. The summed E-state index contributed by atoms with van der Waals surface area (Å²) in [6, 6.07) is 8.81. The van der Waals surface area contributed by atoms with Gasteiger partial charge in [-0.1, -0.05) is 24.1 Å². The predicted octanol–water partition coefficient (Wildman–Crippen LogP) is 4.73. The lowest BCUT2D eigenvalue weighted by atomic mass is 9.99. The summed E-state index contributed by atoms with van der Waals surface area (Å²) in [6.07, 6.45) is 8.75. The number of aryl methyl sites for hydroxylation is 2. The van der Waals surface area contributed by atoms with Crippen molar-refractivity contribution in [2.24, 2.45) is 0 Å². The summed E-state index contributed by atoms with van der Waals surface area (Å²) in [4.78, 5) is 9.19. The van der Waals surface area contributed by atoms with Gasteiger partial charge < -0.3 is 10.1 Å². The van der Waals surface area contributed by atoms with Crippen molar-refractivity contribution in [3.05, 3.63) is 47.3 Å². The summed E-state index contributed by atoms with van der Waals surface area (Å²) >= 11 is 0. The zero-order chi connectivity index (χ0) is 21.2. The zero-order valence-electron chi connectivity index (χ0n) is 18.3. The molecule has 7 nitrogen and oxygen atoms in total. The molecule has 0 unspecified atom stereocenters. The summed E-state index contributed by atoms with van der Waals surface area (Å²) in [7, 11) is 0. The van der Waals surface area contributed by atoms with Crippen LogP contribution in [0.2, 0.25) is 0 Å². The molecule has 5 rings (SSSR count). The lowest BCUT2D eigenvalue weighted by Crippen LogP contribution is -2.30. The Hall–Kier alpha value is -2.80. The molecule has 0 radical (unpaired) electrons. The van der Waals surface area contributed by atoms with Crippen LogP contribution < -0.4 is 10.1 Å². The van der Waals surface area contributed by atoms with Gasteiger partial charge in [-0.3, -0.25) is 0 Å². The van der Waals surface area contributed by atoms with Crippen LogP contribution in [0.25, 0.3) is 11.4 Å². The molecule has 0 spiro atoms. The van der Waals surface area contributed by atoms with Crippen LogP contribution in [0.5, 0.6) is 11.8 Å². The minimum atomic E-state index is 0.345. The third kappa shape index (κ3) is 4.32. The fourth-order valence-corrected chi connectivity index (χ4v) is 4.95. The molecular formula is C24H30N6O. The number of benzene rings is 1. The normalized spacial score (nSPS) is 17.9. The van der Waals surface area contributed by atoms with Gasteiger partial charge in [-0.05, 0) is 81.9 Å². The molecule has 1 aliphatic carbocycles. The number of nitrogens with zero attached hydrogens (tertiary/aromatic N) is 5. The van der Waals surface area contributed by atoms with Crippen LogP contribution >= 0.6 is 0 Å². The standard InChI is InChI=1S/C24H30N6O/c1-16-13-17(2)15-20(14-16)31-24-26-12-9-21(27-24)23-22(18-5-3-4-6-18)28-29-30(23)19-7-10-25-11-8-19/h9,12-15,18-19,25H,3-8,10-11H2,1-2H3. The number of nitrogens with one attached hydrogen (secondary N) is 1. The Balaban J connectivity index is 1.52. The maximum Gasteiger partial charge on any atom is 0.322 e. The van der Waals surface area contributed by atoms with Crippen molar-refractivity contribution in [3.8, 4) is 23.1 Å². The first-order valence-electron chi connectivity index (χ1n) is 11.4. The summed E-state index contributed by atoms with van der Waals surface area (Å²) in [5.41, 5.74) is 5.30. The van der Waals surface area contributed by atoms with E-state index >= 15 is 0 Å². The Morgan fingerprint density at radius 1 is 1.00 bits per heavy atom. The van der Waals surface area contributed by atoms with Crippen molar-refractivity contribution in [2.45, 2.75) is 64.3 Å². The van der Waals surface area contributed by atoms with Crippen molar-refractivity contribution in [1.82, 2.24) is 30.3 Å². The van der Waals surface area contributed by atoms with Crippen LogP contribution in [0.3, 0.4) is 0 Å². The summed E-state index contributed by atoms with van der Waals surface area (Å²) in [6.45, 7) is 6.14. The van der Waals surface area contributed by atoms with Crippen molar-refractivity contribution in [1.29, 1.82) is 0 Å². The first kappa shape index (κ1) is 20.1. The van der Waals surface area contributed by atoms with Gasteiger partial charge in [0.2, 0.25) is 0 Å². The molecule has 2 aromatic heterocycles. The highest BCUT2D eigenvalue weighted by atomic mass is 16.5. The Morgan fingerprint density at radius 3 is 2.48 bits per heavy atom. The third-order valence-corrected chi connectivity index (χ3v) is 6.40. The molecule has 3 heterocycles. The molecule has 1 aromatic carbocycles. The van der Waals surface area contributed by atoms with E-state index in [9.17, 15) is 0 Å². The van der Waals surface area contributed by atoms with E-state index in [0.29, 0.717) is 18.0 Å². The first-order chi connectivity index (χ1) is 15.2. The number of hydrogen-bond donors (Lipinski definition) is 1. The number of piperidine rings is 1. The van der Waals surface area contributed by atoms with E-state index in [2.05, 4.69) is 45.2 Å². The van der Waals surface area contributed by atoms with Crippen LogP contribution in [0.4, 0.5) is 0 Å². The molecule has 162 valence electrons. The number of ether oxygens (including phenoxy) is 1. The maximum atomic E-state index is 6.05. The highest BCUT2D eigenvalue weighted by Crippen LogP contribution is 2.39. The van der Waals surface area contributed by atoms with E-state index < -0.39 is 0 Å². The molecule has 1 saturated heterocycles. The number of aromatic nitrogens is 5. The molecule has 1 aliphatic heterocycles. The number of hydrogen-bond acceptors (Lipinski definition) is 6. The van der Waals surface area contributed by atoms with Gasteiger partial charge in [0.1, 0.15) is 11.4 Å². The average molecular weight is 419 g/mol. The second-order valence-electron chi connectivity index (χ2n) is 8.88. The second-order valence-corrected chi connectivity index (χ2v) is 8.88. The fourth-order valence-electron chi connectivity index (χ4n) is 4.95. The highest BCUT2D eigenvalue weighted by Gasteiger charge is 2.29. The minimum absolute atomic E-state index is 0.345.